The Labute approximate surface area is 211 Å². The van der Waals surface area contributed by atoms with Crippen LogP contribution < -0.4 is 5.32 Å². The highest BCUT2D eigenvalue weighted by molar-refractivity contribution is 6.04. The number of nitrogens with one attached hydrogen (secondary N) is 2. The van der Waals surface area contributed by atoms with Crippen LogP contribution in [-0.2, 0) is 0 Å². The van der Waals surface area contributed by atoms with Crippen LogP contribution in [-0.4, -0.2) is 49.9 Å². The molecule has 2 N–H and O–H groups in total. The molecule has 0 fully saturated rings. The highest BCUT2D eigenvalue weighted by Crippen LogP contribution is 2.27. The first-order chi connectivity index (χ1) is 17.3. The number of hydrogen-bond acceptors (Lipinski definition) is 5. The minimum atomic E-state index is -0.259. The van der Waals surface area contributed by atoms with Crippen molar-refractivity contribution in [1.82, 2.24) is 24.8 Å². The van der Waals surface area contributed by atoms with Crippen molar-refractivity contribution in [3.8, 4) is 11.1 Å². The second-order valence-electron chi connectivity index (χ2n) is 9.78. The number of amides is 1. The molecule has 0 saturated carbocycles. The number of aromatic nitrogens is 4. The fourth-order valence-corrected chi connectivity index (χ4v) is 4.59. The first-order valence-electron chi connectivity index (χ1n) is 12.4. The third-order valence-electron chi connectivity index (χ3n) is 7.10. The monoisotopic (exact) mass is 480 g/mol. The highest BCUT2D eigenvalue weighted by atomic mass is 16.1. The minimum absolute atomic E-state index is 0.259. The maximum atomic E-state index is 13.0. The molecule has 0 atom stereocenters. The number of rotatable bonds is 5. The number of nitrogens with zero attached hydrogens (tertiary/aromatic N) is 4. The Hall–Kier alpha value is -3.84. The first kappa shape index (κ1) is 23.9. The van der Waals surface area contributed by atoms with E-state index in [2.05, 4.69) is 57.2 Å². The van der Waals surface area contributed by atoms with E-state index >= 15 is 0 Å². The molecule has 0 spiro atoms. The van der Waals surface area contributed by atoms with E-state index in [9.17, 15) is 4.79 Å². The fraction of sp³-hybridized carbons (Fsp3) is 0.310. The number of carbonyl (C=O) groups is 1. The van der Waals surface area contributed by atoms with E-state index in [0.29, 0.717) is 17.4 Å². The van der Waals surface area contributed by atoms with Gasteiger partial charge in [-0.15, -0.1) is 0 Å². The average Bonchev–Trinajstić information content (AvgIpc) is 3.18. The van der Waals surface area contributed by atoms with Crippen LogP contribution in [0.2, 0.25) is 0 Å². The van der Waals surface area contributed by atoms with Crippen LogP contribution >= 0.6 is 0 Å². The van der Waals surface area contributed by atoms with Crippen molar-refractivity contribution in [2.45, 2.75) is 47.1 Å². The third-order valence-corrected chi connectivity index (χ3v) is 7.10. The summed E-state index contributed by atoms with van der Waals surface area (Å²) in [6.07, 6.45) is 7.00. The molecule has 4 aromatic rings. The molecule has 7 nitrogen and oxygen atoms in total. The van der Waals surface area contributed by atoms with Gasteiger partial charge >= 0.3 is 0 Å². The molecule has 0 radical (unpaired) electrons. The van der Waals surface area contributed by atoms with Crippen molar-refractivity contribution in [2.24, 2.45) is 0 Å². The summed E-state index contributed by atoms with van der Waals surface area (Å²) in [6, 6.07) is 10.3. The molecule has 184 valence electrons. The van der Waals surface area contributed by atoms with E-state index in [1.165, 1.54) is 5.57 Å². The van der Waals surface area contributed by atoms with Crippen molar-refractivity contribution < 1.29 is 4.79 Å². The van der Waals surface area contributed by atoms with Gasteiger partial charge in [0, 0.05) is 48.3 Å². The second-order valence-corrected chi connectivity index (χ2v) is 9.78. The van der Waals surface area contributed by atoms with Crippen LogP contribution in [0.3, 0.4) is 0 Å². The summed E-state index contributed by atoms with van der Waals surface area (Å²) in [6.45, 7) is 12.4. The molecular formula is C29H32N6O. The van der Waals surface area contributed by atoms with Crippen LogP contribution in [0.1, 0.15) is 53.4 Å². The number of aromatic amines is 1. The Morgan fingerprint density at radius 3 is 2.56 bits per heavy atom. The van der Waals surface area contributed by atoms with Crippen LogP contribution in [0.25, 0.3) is 27.7 Å². The van der Waals surface area contributed by atoms with Crippen molar-refractivity contribution in [1.29, 1.82) is 0 Å². The zero-order valence-electron chi connectivity index (χ0n) is 21.5. The zero-order valence-corrected chi connectivity index (χ0v) is 21.5. The maximum Gasteiger partial charge on any atom is 0.274 e. The van der Waals surface area contributed by atoms with Crippen molar-refractivity contribution >= 4 is 28.2 Å². The summed E-state index contributed by atoms with van der Waals surface area (Å²) in [7, 11) is 0. The number of fused-ring (bicyclic) bond motifs is 1. The van der Waals surface area contributed by atoms with Crippen molar-refractivity contribution in [2.75, 3.05) is 18.4 Å². The van der Waals surface area contributed by atoms with Crippen molar-refractivity contribution in [3.05, 3.63) is 77.1 Å². The molecule has 0 aromatic carbocycles. The maximum absolute atomic E-state index is 13.0. The van der Waals surface area contributed by atoms with Gasteiger partial charge in [-0.05, 0) is 76.4 Å². The molecule has 0 saturated heterocycles. The lowest BCUT2D eigenvalue weighted by Crippen LogP contribution is -2.34. The molecule has 5 rings (SSSR count). The molecule has 1 aliphatic rings. The first-order valence-corrected chi connectivity index (χ1v) is 12.4. The van der Waals surface area contributed by atoms with Gasteiger partial charge in [-0.2, -0.15) is 0 Å². The number of carbonyl (C=O) groups excluding carboxylic acids is 1. The lowest BCUT2D eigenvalue weighted by atomic mass is 10.0. The Morgan fingerprint density at radius 1 is 1.06 bits per heavy atom. The van der Waals surface area contributed by atoms with Gasteiger partial charge in [-0.25, -0.2) is 4.98 Å². The molecule has 36 heavy (non-hydrogen) atoms. The van der Waals surface area contributed by atoms with E-state index in [-0.39, 0.29) is 5.91 Å². The zero-order chi connectivity index (χ0) is 25.4. The Balaban J connectivity index is 1.34. The van der Waals surface area contributed by atoms with Crippen LogP contribution in [0.5, 0.6) is 0 Å². The summed E-state index contributed by atoms with van der Waals surface area (Å²) in [5.41, 5.74) is 9.81. The molecule has 0 unspecified atom stereocenters. The van der Waals surface area contributed by atoms with E-state index in [1.54, 1.807) is 6.07 Å². The van der Waals surface area contributed by atoms with Gasteiger partial charge < -0.3 is 10.3 Å². The summed E-state index contributed by atoms with van der Waals surface area (Å²) >= 11 is 0. The SMILES string of the molecule is Cc1ncc(-c2ccc(C3=CCN(C(C)C)CC3)nc2)cc1NC(=O)c1ccc2[nH]c(C)c(C)c2n1. The summed E-state index contributed by atoms with van der Waals surface area (Å²) in [5.74, 6) is -0.259. The molecule has 0 aliphatic carbocycles. The van der Waals surface area contributed by atoms with Crippen LogP contribution in [0.15, 0.2) is 48.8 Å². The molecule has 0 bridgehead atoms. The topological polar surface area (TPSA) is 86.8 Å². The van der Waals surface area contributed by atoms with Crippen LogP contribution in [0.4, 0.5) is 5.69 Å². The van der Waals surface area contributed by atoms with Gasteiger partial charge in [0.25, 0.3) is 5.91 Å². The highest BCUT2D eigenvalue weighted by Gasteiger charge is 2.17. The molecule has 4 aromatic heterocycles. The number of hydrogen-bond donors (Lipinski definition) is 2. The lowest BCUT2D eigenvalue weighted by Gasteiger charge is -2.29. The molecule has 5 heterocycles. The Kier molecular flexibility index (Phi) is 6.41. The van der Waals surface area contributed by atoms with Gasteiger partial charge in [0.05, 0.1) is 28.1 Å². The van der Waals surface area contributed by atoms with E-state index in [1.807, 2.05) is 45.3 Å². The lowest BCUT2D eigenvalue weighted by molar-refractivity contribution is 0.102. The Bertz CT molecular complexity index is 1470. The number of anilines is 1. The van der Waals surface area contributed by atoms with Gasteiger partial charge in [0.1, 0.15) is 5.69 Å². The molecular weight excluding hydrogens is 448 g/mol. The van der Waals surface area contributed by atoms with Gasteiger partial charge in [-0.3, -0.25) is 19.7 Å². The predicted molar refractivity (Wildman–Crippen MR) is 145 cm³/mol. The fourth-order valence-electron chi connectivity index (χ4n) is 4.59. The smallest absolute Gasteiger partial charge is 0.274 e. The Morgan fingerprint density at radius 2 is 1.86 bits per heavy atom. The largest absolute Gasteiger partial charge is 0.357 e. The second kappa shape index (κ2) is 9.66. The van der Waals surface area contributed by atoms with Gasteiger partial charge in [-0.1, -0.05) is 12.1 Å². The van der Waals surface area contributed by atoms with E-state index < -0.39 is 0 Å². The number of pyridine rings is 3. The van der Waals surface area contributed by atoms with Crippen molar-refractivity contribution in [3.63, 3.8) is 0 Å². The van der Waals surface area contributed by atoms with E-state index in [4.69, 9.17) is 4.98 Å². The standard InChI is InChI=1S/C29H32N6O/c1-17(2)35-12-10-21(11-13-35)24-7-6-22(15-31-24)23-14-27(20(5)30-16-23)34-29(36)26-9-8-25-28(33-26)18(3)19(4)32-25/h6-10,14-17,32H,11-13H2,1-5H3,(H,34,36). The van der Waals surface area contributed by atoms with Gasteiger partial charge in [0.2, 0.25) is 0 Å². The summed E-state index contributed by atoms with van der Waals surface area (Å²) < 4.78 is 0. The van der Waals surface area contributed by atoms with Crippen LogP contribution in [0, 0.1) is 20.8 Å². The third kappa shape index (κ3) is 4.66. The number of H-pyrrole nitrogens is 1. The average molecular weight is 481 g/mol. The number of aryl methyl sites for hydroxylation is 3. The predicted octanol–water partition coefficient (Wildman–Crippen LogP) is 5.69. The normalized spacial score (nSPS) is 14.3. The quantitative estimate of drug-likeness (QED) is 0.383. The van der Waals surface area contributed by atoms with Gasteiger partial charge in [0.15, 0.2) is 0 Å². The molecule has 1 amide bonds. The summed E-state index contributed by atoms with van der Waals surface area (Å²) in [5, 5.41) is 3.00. The molecule has 1 aliphatic heterocycles. The van der Waals surface area contributed by atoms with E-state index in [0.717, 1.165) is 64.3 Å². The minimum Gasteiger partial charge on any atom is -0.357 e. The molecule has 7 heteroatoms. The summed E-state index contributed by atoms with van der Waals surface area (Å²) in [4.78, 5) is 32.6.